The summed E-state index contributed by atoms with van der Waals surface area (Å²) in [5.41, 5.74) is 2.51. The molecule has 0 atom stereocenters. The lowest BCUT2D eigenvalue weighted by Gasteiger charge is -2.12. The van der Waals surface area contributed by atoms with Gasteiger partial charge in [-0.25, -0.2) is 4.98 Å². The zero-order valence-electron chi connectivity index (χ0n) is 9.91. The van der Waals surface area contributed by atoms with Crippen molar-refractivity contribution < 1.29 is 0 Å². The standard InChI is InChI=1S/C13H16ClN3/c1-17-11-5-3-2-4-10(11)16-12(17)15-9-13(8-14)6-7-13/h2-5H,6-9H2,1H3,(H,15,16). The van der Waals surface area contributed by atoms with Gasteiger partial charge in [0.15, 0.2) is 0 Å². The van der Waals surface area contributed by atoms with Crippen LogP contribution in [0.5, 0.6) is 0 Å². The number of anilines is 1. The van der Waals surface area contributed by atoms with E-state index in [0.717, 1.165) is 29.4 Å². The third kappa shape index (κ3) is 1.89. The van der Waals surface area contributed by atoms with Crippen molar-refractivity contribution >= 4 is 28.6 Å². The molecule has 1 aromatic heterocycles. The average Bonchev–Trinajstić information content (AvgIpc) is 3.08. The van der Waals surface area contributed by atoms with Crippen molar-refractivity contribution in [3.05, 3.63) is 24.3 Å². The van der Waals surface area contributed by atoms with Crippen LogP contribution in [0, 0.1) is 5.41 Å². The lowest BCUT2D eigenvalue weighted by Crippen LogP contribution is -2.18. The topological polar surface area (TPSA) is 29.9 Å². The second kappa shape index (κ2) is 3.91. The number of imidazole rings is 1. The molecular weight excluding hydrogens is 234 g/mol. The maximum absolute atomic E-state index is 5.97. The molecule has 1 heterocycles. The van der Waals surface area contributed by atoms with Gasteiger partial charge in [0.2, 0.25) is 5.95 Å². The molecule has 4 heteroatoms. The summed E-state index contributed by atoms with van der Waals surface area (Å²) in [6, 6.07) is 8.17. The number of nitrogens with one attached hydrogen (secondary N) is 1. The van der Waals surface area contributed by atoms with E-state index in [9.17, 15) is 0 Å². The van der Waals surface area contributed by atoms with E-state index < -0.39 is 0 Å². The molecule has 2 aromatic rings. The zero-order chi connectivity index (χ0) is 11.9. The summed E-state index contributed by atoms with van der Waals surface area (Å²) < 4.78 is 2.10. The molecule has 1 aliphatic carbocycles. The molecule has 0 saturated heterocycles. The number of nitrogens with zero attached hydrogens (tertiary/aromatic N) is 2. The molecule has 0 unspecified atom stereocenters. The van der Waals surface area contributed by atoms with Gasteiger partial charge >= 0.3 is 0 Å². The maximum atomic E-state index is 5.97. The van der Waals surface area contributed by atoms with E-state index in [0.29, 0.717) is 5.41 Å². The summed E-state index contributed by atoms with van der Waals surface area (Å²) >= 11 is 5.97. The third-order valence-electron chi connectivity index (χ3n) is 3.65. The van der Waals surface area contributed by atoms with Crippen LogP contribution in [0.1, 0.15) is 12.8 Å². The molecule has 17 heavy (non-hydrogen) atoms. The average molecular weight is 250 g/mol. The second-order valence-corrected chi connectivity index (χ2v) is 5.24. The summed E-state index contributed by atoms with van der Waals surface area (Å²) in [4.78, 5) is 4.59. The van der Waals surface area contributed by atoms with Crippen LogP contribution < -0.4 is 5.32 Å². The van der Waals surface area contributed by atoms with Gasteiger partial charge in [-0.2, -0.15) is 0 Å². The Bertz CT molecular complexity index is 543. The molecule has 90 valence electrons. The summed E-state index contributed by atoms with van der Waals surface area (Å²) in [7, 11) is 2.04. The van der Waals surface area contributed by atoms with Crippen molar-refractivity contribution in [1.82, 2.24) is 9.55 Å². The van der Waals surface area contributed by atoms with Gasteiger partial charge in [-0.3, -0.25) is 0 Å². The van der Waals surface area contributed by atoms with Crippen molar-refractivity contribution in [3.8, 4) is 0 Å². The number of halogens is 1. The van der Waals surface area contributed by atoms with Crippen molar-refractivity contribution in [1.29, 1.82) is 0 Å². The molecule has 0 radical (unpaired) electrons. The normalized spacial score (nSPS) is 17.3. The predicted octanol–water partition coefficient (Wildman–Crippen LogP) is 3.00. The van der Waals surface area contributed by atoms with E-state index in [1.807, 2.05) is 25.2 Å². The molecule has 0 aliphatic heterocycles. The van der Waals surface area contributed by atoms with Crippen LogP contribution in [0.2, 0.25) is 0 Å². The van der Waals surface area contributed by atoms with Gasteiger partial charge in [-0.15, -0.1) is 11.6 Å². The van der Waals surface area contributed by atoms with E-state index in [2.05, 4.69) is 20.9 Å². The fourth-order valence-electron chi connectivity index (χ4n) is 2.10. The number of rotatable bonds is 4. The van der Waals surface area contributed by atoms with Gasteiger partial charge in [0.1, 0.15) is 0 Å². The predicted molar refractivity (Wildman–Crippen MR) is 71.6 cm³/mol. The maximum Gasteiger partial charge on any atom is 0.203 e. The van der Waals surface area contributed by atoms with Crippen molar-refractivity contribution in [2.24, 2.45) is 12.5 Å². The minimum absolute atomic E-state index is 0.319. The number of aromatic nitrogens is 2. The van der Waals surface area contributed by atoms with Gasteiger partial charge in [0.05, 0.1) is 11.0 Å². The highest BCUT2D eigenvalue weighted by Gasteiger charge is 2.41. The smallest absolute Gasteiger partial charge is 0.203 e. The van der Waals surface area contributed by atoms with Crippen molar-refractivity contribution in [2.45, 2.75) is 12.8 Å². The van der Waals surface area contributed by atoms with Gasteiger partial charge in [-0.05, 0) is 25.0 Å². The molecule has 1 aliphatic rings. The Morgan fingerprint density at radius 1 is 1.41 bits per heavy atom. The van der Waals surface area contributed by atoms with Crippen molar-refractivity contribution in [2.75, 3.05) is 17.7 Å². The van der Waals surface area contributed by atoms with Gasteiger partial charge in [-0.1, -0.05) is 12.1 Å². The molecule has 3 rings (SSSR count). The number of hydrogen-bond donors (Lipinski definition) is 1. The minimum atomic E-state index is 0.319. The highest BCUT2D eigenvalue weighted by Crippen LogP contribution is 2.46. The molecule has 1 fully saturated rings. The largest absolute Gasteiger partial charge is 0.355 e. The van der Waals surface area contributed by atoms with E-state index in [4.69, 9.17) is 11.6 Å². The molecule has 3 nitrogen and oxygen atoms in total. The lowest BCUT2D eigenvalue weighted by atomic mass is 10.1. The Morgan fingerprint density at radius 3 is 2.82 bits per heavy atom. The summed E-state index contributed by atoms with van der Waals surface area (Å²) in [6.07, 6.45) is 2.46. The van der Waals surface area contributed by atoms with Gasteiger partial charge in [0, 0.05) is 24.9 Å². The second-order valence-electron chi connectivity index (χ2n) is 4.97. The van der Waals surface area contributed by atoms with Gasteiger partial charge < -0.3 is 9.88 Å². The summed E-state index contributed by atoms with van der Waals surface area (Å²) in [5, 5.41) is 3.42. The Balaban J connectivity index is 1.83. The number of para-hydroxylation sites is 2. The first kappa shape index (κ1) is 10.9. The van der Waals surface area contributed by atoms with Gasteiger partial charge in [0.25, 0.3) is 0 Å². The van der Waals surface area contributed by atoms with Crippen LogP contribution in [-0.4, -0.2) is 22.0 Å². The van der Waals surface area contributed by atoms with Crippen LogP contribution in [0.3, 0.4) is 0 Å². The van der Waals surface area contributed by atoms with E-state index in [1.54, 1.807) is 0 Å². The summed E-state index contributed by atoms with van der Waals surface area (Å²) in [5.74, 6) is 1.67. The summed E-state index contributed by atoms with van der Waals surface area (Å²) in [6.45, 7) is 0.924. The van der Waals surface area contributed by atoms with E-state index in [-0.39, 0.29) is 0 Å². The fourth-order valence-corrected chi connectivity index (χ4v) is 2.47. The molecule has 0 amide bonds. The molecular formula is C13H16ClN3. The van der Waals surface area contributed by atoms with Crippen LogP contribution in [0.15, 0.2) is 24.3 Å². The monoisotopic (exact) mass is 249 g/mol. The van der Waals surface area contributed by atoms with Crippen molar-refractivity contribution in [3.63, 3.8) is 0 Å². The fraction of sp³-hybridized carbons (Fsp3) is 0.462. The molecule has 0 spiro atoms. The Kier molecular flexibility index (Phi) is 2.51. The van der Waals surface area contributed by atoms with E-state index >= 15 is 0 Å². The number of aryl methyl sites for hydroxylation is 1. The van der Waals surface area contributed by atoms with Crippen LogP contribution in [0.25, 0.3) is 11.0 Å². The van der Waals surface area contributed by atoms with E-state index in [1.165, 1.54) is 12.8 Å². The van der Waals surface area contributed by atoms with Crippen LogP contribution >= 0.6 is 11.6 Å². The number of benzene rings is 1. The number of hydrogen-bond acceptors (Lipinski definition) is 2. The molecule has 1 N–H and O–H groups in total. The quantitative estimate of drug-likeness (QED) is 0.845. The first-order chi connectivity index (χ1) is 8.24. The first-order valence-corrected chi connectivity index (χ1v) is 6.49. The molecule has 1 saturated carbocycles. The SMILES string of the molecule is Cn1c(NCC2(CCl)CC2)nc2ccccc21. The highest BCUT2D eigenvalue weighted by molar-refractivity contribution is 6.18. The van der Waals surface area contributed by atoms with Crippen LogP contribution in [0.4, 0.5) is 5.95 Å². The Morgan fingerprint density at radius 2 is 2.18 bits per heavy atom. The highest BCUT2D eigenvalue weighted by atomic mass is 35.5. The number of alkyl halides is 1. The molecule has 0 bridgehead atoms. The van der Waals surface area contributed by atoms with Crippen LogP contribution in [-0.2, 0) is 7.05 Å². The molecule has 1 aromatic carbocycles. The number of fused-ring (bicyclic) bond motifs is 1. The first-order valence-electron chi connectivity index (χ1n) is 5.95. The minimum Gasteiger partial charge on any atom is -0.355 e. The third-order valence-corrected chi connectivity index (χ3v) is 4.22. The zero-order valence-corrected chi connectivity index (χ0v) is 10.7. The lowest BCUT2D eigenvalue weighted by molar-refractivity contribution is 0.614. The Labute approximate surface area is 106 Å². The Hall–Kier alpha value is -1.22.